The minimum absolute atomic E-state index is 0.379. The molecule has 94 valence electrons. The van der Waals surface area contributed by atoms with E-state index in [0.29, 0.717) is 8.96 Å². The van der Waals surface area contributed by atoms with Crippen LogP contribution in [0.1, 0.15) is 6.42 Å². The highest BCUT2D eigenvalue weighted by molar-refractivity contribution is 7.29. The van der Waals surface area contributed by atoms with Crippen molar-refractivity contribution in [3.05, 3.63) is 42.5 Å². The monoisotopic (exact) mass is 252 g/mol. The summed E-state index contributed by atoms with van der Waals surface area (Å²) in [7, 11) is 4.41. The molecule has 0 saturated heterocycles. The van der Waals surface area contributed by atoms with Crippen LogP contribution < -0.4 is 9.84 Å². The standard InChI is InChI=1S/C13H21N2OP/c1-14-11-7-4-8-12-15(2)17-16-13-9-5-3-6-10-13/h3-7,9-10,14,17H,8,11-12H2,1-2H3/b7-4-. The van der Waals surface area contributed by atoms with E-state index in [9.17, 15) is 0 Å². The fourth-order valence-electron chi connectivity index (χ4n) is 1.25. The van der Waals surface area contributed by atoms with Crippen LogP contribution in [0.5, 0.6) is 5.75 Å². The summed E-state index contributed by atoms with van der Waals surface area (Å²) in [5.74, 6) is 0.934. The summed E-state index contributed by atoms with van der Waals surface area (Å²) in [6.45, 7) is 1.96. The first-order valence-corrected chi connectivity index (χ1v) is 6.66. The van der Waals surface area contributed by atoms with Gasteiger partial charge < -0.3 is 9.84 Å². The van der Waals surface area contributed by atoms with E-state index in [1.165, 1.54) is 0 Å². The summed E-state index contributed by atoms with van der Waals surface area (Å²) in [5, 5.41) is 3.08. The lowest BCUT2D eigenvalue weighted by Crippen LogP contribution is -2.10. The number of para-hydroxylation sites is 1. The summed E-state index contributed by atoms with van der Waals surface area (Å²) >= 11 is 0. The number of nitrogens with one attached hydrogen (secondary N) is 1. The van der Waals surface area contributed by atoms with Crippen molar-refractivity contribution in [2.75, 3.05) is 27.2 Å². The van der Waals surface area contributed by atoms with E-state index in [0.717, 1.165) is 25.3 Å². The summed E-state index contributed by atoms with van der Waals surface area (Å²) in [5.41, 5.74) is 0. The molecule has 4 heteroatoms. The Morgan fingerprint density at radius 1 is 1.29 bits per heavy atom. The van der Waals surface area contributed by atoms with Crippen LogP contribution in [0.4, 0.5) is 0 Å². The zero-order valence-corrected chi connectivity index (χ0v) is 11.5. The first-order valence-electron chi connectivity index (χ1n) is 5.81. The van der Waals surface area contributed by atoms with Crippen molar-refractivity contribution in [2.45, 2.75) is 6.42 Å². The highest BCUT2D eigenvalue weighted by Gasteiger charge is 1.98. The quantitative estimate of drug-likeness (QED) is 0.568. The van der Waals surface area contributed by atoms with Crippen LogP contribution in [0.15, 0.2) is 42.5 Å². The summed E-state index contributed by atoms with van der Waals surface area (Å²) in [6.07, 6.45) is 5.40. The molecule has 0 spiro atoms. The average Bonchev–Trinajstić information content (AvgIpc) is 2.37. The van der Waals surface area contributed by atoms with Gasteiger partial charge in [-0.2, -0.15) is 0 Å². The predicted octanol–water partition coefficient (Wildman–Crippen LogP) is 2.67. The van der Waals surface area contributed by atoms with Gasteiger partial charge in [0.1, 0.15) is 14.7 Å². The number of hydrogen-bond acceptors (Lipinski definition) is 3. The van der Waals surface area contributed by atoms with E-state index in [1.807, 2.05) is 37.4 Å². The second kappa shape index (κ2) is 9.17. The number of benzene rings is 1. The largest absolute Gasteiger partial charge is 0.461 e. The smallest absolute Gasteiger partial charge is 0.149 e. The molecule has 0 aliphatic rings. The van der Waals surface area contributed by atoms with Gasteiger partial charge in [-0.25, -0.2) is 0 Å². The molecule has 1 aromatic rings. The maximum atomic E-state index is 5.66. The van der Waals surface area contributed by atoms with Crippen LogP contribution >= 0.6 is 8.96 Å². The zero-order valence-electron chi connectivity index (χ0n) is 10.5. The lowest BCUT2D eigenvalue weighted by atomic mass is 10.3. The lowest BCUT2D eigenvalue weighted by molar-refractivity contribution is 0.498. The third-order valence-corrected chi connectivity index (χ3v) is 3.04. The van der Waals surface area contributed by atoms with Crippen molar-refractivity contribution >= 4 is 8.96 Å². The molecule has 0 heterocycles. The molecule has 1 unspecified atom stereocenters. The number of likely N-dealkylation sites (N-methyl/N-ethyl adjacent to an activating group) is 1. The summed E-state index contributed by atoms with van der Waals surface area (Å²) < 4.78 is 7.85. The Labute approximate surface area is 106 Å². The Morgan fingerprint density at radius 2 is 2.06 bits per heavy atom. The molecule has 1 rings (SSSR count). The molecule has 1 aromatic carbocycles. The summed E-state index contributed by atoms with van der Waals surface area (Å²) in [6, 6.07) is 9.92. The Kier molecular flexibility index (Phi) is 7.65. The van der Waals surface area contributed by atoms with E-state index in [4.69, 9.17) is 4.52 Å². The topological polar surface area (TPSA) is 24.5 Å². The van der Waals surface area contributed by atoms with Crippen molar-refractivity contribution in [3.63, 3.8) is 0 Å². The molecule has 0 aromatic heterocycles. The van der Waals surface area contributed by atoms with E-state index in [1.54, 1.807) is 0 Å². The molecule has 3 nitrogen and oxygen atoms in total. The Balaban J connectivity index is 2.11. The predicted molar refractivity (Wildman–Crippen MR) is 75.7 cm³/mol. The van der Waals surface area contributed by atoms with E-state index in [2.05, 4.69) is 29.2 Å². The minimum Gasteiger partial charge on any atom is -0.461 e. The maximum absolute atomic E-state index is 5.66. The van der Waals surface area contributed by atoms with Crippen LogP contribution in [0.2, 0.25) is 0 Å². The Morgan fingerprint density at radius 3 is 2.76 bits per heavy atom. The molecule has 1 atom stereocenters. The van der Waals surface area contributed by atoms with Crippen LogP contribution in [-0.2, 0) is 0 Å². The highest BCUT2D eigenvalue weighted by atomic mass is 31.1. The molecule has 0 bridgehead atoms. The van der Waals surface area contributed by atoms with Gasteiger partial charge in [0.15, 0.2) is 0 Å². The van der Waals surface area contributed by atoms with Gasteiger partial charge in [0, 0.05) is 13.1 Å². The Hall–Kier alpha value is -0.890. The van der Waals surface area contributed by atoms with Gasteiger partial charge in [-0.15, -0.1) is 0 Å². The molecule has 1 N–H and O–H groups in total. The maximum Gasteiger partial charge on any atom is 0.149 e. The Bertz CT molecular complexity index is 316. The van der Waals surface area contributed by atoms with Crippen LogP contribution in [0.3, 0.4) is 0 Å². The highest BCUT2D eigenvalue weighted by Crippen LogP contribution is 2.22. The zero-order chi connectivity index (χ0) is 12.3. The number of nitrogens with zero attached hydrogens (tertiary/aromatic N) is 1. The van der Waals surface area contributed by atoms with Gasteiger partial charge in [-0.1, -0.05) is 30.4 Å². The fraction of sp³-hybridized carbons (Fsp3) is 0.385. The molecule has 0 aliphatic heterocycles. The molecule has 17 heavy (non-hydrogen) atoms. The minimum atomic E-state index is 0.379. The fourth-order valence-corrected chi connectivity index (χ4v) is 1.87. The van der Waals surface area contributed by atoms with E-state index >= 15 is 0 Å². The van der Waals surface area contributed by atoms with Crippen molar-refractivity contribution in [1.82, 2.24) is 9.99 Å². The molecule has 0 amide bonds. The van der Waals surface area contributed by atoms with Gasteiger partial charge in [-0.05, 0) is 32.6 Å². The molecule has 0 aliphatic carbocycles. The van der Waals surface area contributed by atoms with Gasteiger partial charge in [0.05, 0.1) is 0 Å². The van der Waals surface area contributed by atoms with Crippen LogP contribution in [0.25, 0.3) is 0 Å². The van der Waals surface area contributed by atoms with E-state index in [-0.39, 0.29) is 0 Å². The average molecular weight is 252 g/mol. The normalized spacial score (nSPS) is 11.9. The number of rotatable bonds is 8. The lowest BCUT2D eigenvalue weighted by Gasteiger charge is -2.15. The van der Waals surface area contributed by atoms with Crippen molar-refractivity contribution in [3.8, 4) is 5.75 Å². The van der Waals surface area contributed by atoms with E-state index < -0.39 is 0 Å². The third kappa shape index (κ3) is 7.11. The second-order valence-electron chi connectivity index (χ2n) is 3.75. The molecular weight excluding hydrogens is 231 g/mol. The first-order chi connectivity index (χ1) is 8.33. The van der Waals surface area contributed by atoms with Gasteiger partial charge >= 0.3 is 0 Å². The van der Waals surface area contributed by atoms with Gasteiger partial charge in [-0.3, -0.25) is 4.67 Å². The molecule has 0 fully saturated rings. The third-order valence-electron chi connectivity index (χ3n) is 2.18. The van der Waals surface area contributed by atoms with Gasteiger partial charge in [0.25, 0.3) is 0 Å². The van der Waals surface area contributed by atoms with Crippen molar-refractivity contribution in [1.29, 1.82) is 0 Å². The van der Waals surface area contributed by atoms with Crippen LogP contribution in [-0.4, -0.2) is 31.9 Å². The molecule has 0 saturated carbocycles. The van der Waals surface area contributed by atoms with Crippen LogP contribution in [0, 0.1) is 0 Å². The molecular formula is C13H21N2OP. The molecule has 0 radical (unpaired) electrons. The SMILES string of the molecule is CNC/C=C\CCN(C)POc1ccccc1. The van der Waals surface area contributed by atoms with Crippen molar-refractivity contribution in [2.24, 2.45) is 0 Å². The second-order valence-corrected chi connectivity index (χ2v) is 4.90. The van der Waals surface area contributed by atoms with Crippen molar-refractivity contribution < 1.29 is 4.52 Å². The van der Waals surface area contributed by atoms with Gasteiger partial charge in [0.2, 0.25) is 0 Å². The first kappa shape index (κ1) is 14.2. The summed E-state index contributed by atoms with van der Waals surface area (Å²) in [4.78, 5) is 0. The number of hydrogen-bond donors (Lipinski definition) is 1.